The van der Waals surface area contributed by atoms with Gasteiger partial charge in [0, 0.05) is 16.9 Å². The Kier molecular flexibility index (Phi) is 5.21. The number of rotatable bonds is 5. The second-order valence-corrected chi connectivity index (χ2v) is 6.41. The van der Waals surface area contributed by atoms with Crippen LogP contribution in [0.2, 0.25) is 0 Å². The molecule has 1 heterocycles. The lowest BCUT2D eigenvalue weighted by molar-refractivity contribution is 0.0995. The lowest BCUT2D eigenvalue weighted by Crippen LogP contribution is -2.13. The first-order valence-electron chi connectivity index (χ1n) is 9.11. The first kappa shape index (κ1) is 18.3. The molecule has 0 aliphatic rings. The highest BCUT2D eigenvalue weighted by Gasteiger charge is 2.10. The summed E-state index contributed by atoms with van der Waals surface area (Å²) in [6.07, 6.45) is 1.44. The van der Waals surface area contributed by atoms with Gasteiger partial charge >= 0.3 is 0 Å². The Balaban J connectivity index is 1.39. The molecule has 5 heteroatoms. The zero-order chi connectivity index (χ0) is 20.1. The Morgan fingerprint density at radius 3 is 1.79 bits per heavy atom. The van der Waals surface area contributed by atoms with Crippen molar-refractivity contribution in [2.24, 2.45) is 0 Å². The zero-order valence-electron chi connectivity index (χ0n) is 15.5. The van der Waals surface area contributed by atoms with Crippen molar-refractivity contribution in [3.8, 4) is 11.1 Å². The monoisotopic (exact) mass is 382 g/mol. The van der Waals surface area contributed by atoms with Gasteiger partial charge in [0.2, 0.25) is 0 Å². The summed E-state index contributed by atoms with van der Waals surface area (Å²) in [5.41, 5.74) is 3.99. The highest BCUT2D eigenvalue weighted by molar-refractivity contribution is 6.05. The van der Waals surface area contributed by atoms with Gasteiger partial charge in [-0.1, -0.05) is 42.5 Å². The van der Waals surface area contributed by atoms with Crippen LogP contribution in [-0.2, 0) is 0 Å². The van der Waals surface area contributed by atoms with Crippen molar-refractivity contribution in [2.75, 3.05) is 10.6 Å². The SMILES string of the molecule is O=C(Nc1ccc(-c2ccccc2)cc1)c1ccc(NC(=O)c2ccco2)cc1. The van der Waals surface area contributed by atoms with Crippen molar-refractivity contribution in [1.29, 1.82) is 0 Å². The van der Waals surface area contributed by atoms with Crippen LogP contribution in [0.3, 0.4) is 0 Å². The number of benzene rings is 3. The van der Waals surface area contributed by atoms with E-state index in [2.05, 4.69) is 10.6 Å². The fraction of sp³-hybridized carbons (Fsp3) is 0. The topological polar surface area (TPSA) is 71.3 Å². The highest BCUT2D eigenvalue weighted by atomic mass is 16.3. The maximum atomic E-state index is 12.5. The third kappa shape index (κ3) is 4.42. The number of amides is 2. The summed E-state index contributed by atoms with van der Waals surface area (Å²) in [6.45, 7) is 0. The van der Waals surface area contributed by atoms with Crippen LogP contribution in [0.15, 0.2) is 102 Å². The molecule has 0 saturated heterocycles. The molecule has 0 aliphatic carbocycles. The van der Waals surface area contributed by atoms with Gasteiger partial charge in [-0.3, -0.25) is 9.59 Å². The van der Waals surface area contributed by atoms with Crippen LogP contribution in [0.4, 0.5) is 11.4 Å². The quantitative estimate of drug-likeness (QED) is 0.482. The standard InChI is InChI=1S/C24H18N2O3/c27-23(25-20-12-8-18(9-13-20)17-5-2-1-3-6-17)19-10-14-21(15-11-19)26-24(28)22-7-4-16-29-22/h1-16H,(H,25,27)(H,26,28). The van der Waals surface area contributed by atoms with Gasteiger partial charge in [-0.15, -0.1) is 0 Å². The van der Waals surface area contributed by atoms with Gasteiger partial charge in [-0.05, 0) is 59.7 Å². The Hall–Kier alpha value is -4.12. The van der Waals surface area contributed by atoms with Crippen LogP contribution in [0.5, 0.6) is 0 Å². The van der Waals surface area contributed by atoms with E-state index in [1.54, 1.807) is 36.4 Å². The van der Waals surface area contributed by atoms with E-state index >= 15 is 0 Å². The van der Waals surface area contributed by atoms with E-state index in [1.165, 1.54) is 6.26 Å². The van der Waals surface area contributed by atoms with E-state index in [1.807, 2.05) is 54.6 Å². The summed E-state index contributed by atoms with van der Waals surface area (Å²) in [4.78, 5) is 24.5. The lowest BCUT2D eigenvalue weighted by Gasteiger charge is -2.08. The molecule has 0 radical (unpaired) electrons. The largest absolute Gasteiger partial charge is 0.459 e. The molecule has 0 bridgehead atoms. The first-order valence-corrected chi connectivity index (χ1v) is 9.11. The molecule has 1 aromatic heterocycles. The van der Waals surface area contributed by atoms with E-state index in [9.17, 15) is 9.59 Å². The molecule has 0 atom stereocenters. The molecule has 2 N–H and O–H groups in total. The molecule has 142 valence electrons. The maximum Gasteiger partial charge on any atom is 0.291 e. The number of nitrogens with one attached hydrogen (secondary N) is 2. The van der Waals surface area contributed by atoms with Gasteiger partial charge in [0.05, 0.1) is 6.26 Å². The molecule has 4 rings (SSSR count). The molecule has 2 amide bonds. The van der Waals surface area contributed by atoms with Crippen molar-refractivity contribution >= 4 is 23.2 Å². The predicted octanol–water partition coefficient (Wildman–Crippen LogP) is 5.45. The Morgan fingerprint density at radius 2 is 1.17 bits per heavy atom. The minimum atomic E-state index is -0.342. The summed E-state index contributed by atoms with van der Waals surface area (Å²) in [6, 6.07) is 27.6. The normalized spacial score (nSPS) is 10.3. The van der Waals surface area contributed by atoms with Crippen molar-refractivity contribution in [1.82, 2.24) is 0 Å². The summed E-state index contributed by atoms with van der Waals surface area (Å²) in [5.74, 6) is -0.335. The lowest BCUT2D eigenvalue weighted by atomic mass is 10.1. The van der Waals surface area contributed by atoms with E-state index in [4.69, 9.17) is 4.42 Å². The molecule has 4 aromatic rings. The number of hydrogen-bond donors (Lipinski definition) is 2. The van der Waals surface area contributed by atoms with E-state index in [0.717, 1.165) is 11.1 Å². The Labute approximate surface area is 168 Å². The van der Waals surface area contributed by atoms with E-state index in [0.29, 0.717) is 16.9 Å². The van der Waals surface area contributed by atoms with Crippen molar-refractivity contribution in [3.63, 3.8) is 0 Å². The third-order valence-corrected chi connectivity index (χ3v) is 4.40. The fourth-order valence-corrected chi connectivity index (χ4v) is 2.89. The third-order valence-electron chi connectivity index (χ3n) is 4.40. The maximum absolute atomic E-state index is 12.5. The van der Waals surface area contributed by atoms with E-state index < -0.39 is 0 Å². The summed E-state index contributed by atoms with van der Waals surface area (Å²) in [5, 5.41) is 5.60. The van der Waals surface area contributed by atoms with Gasteiger partial charge in [0.25, 0.3) is 11.8 Å². The minimum absolute atomic E-state index is 0.221. The van der Waals surface area contributed by atoms with Gasteiger partial charge < -0.3 is 15.1 Å². The number of furan rings is 1. The van der Waals surface area contributed by atoms with Crippen molar-refractivity contribution in [3.05, 3.63) is 109 Å². The molecule has 5 nitrogen and oxygen atoms in total. The summed E-state index contributed by atoms with van der Waals surface area (Å²) in [7, 11) is 0. The van der Waals surface area contributed by atoms with Gasteiger partial charge in [-0.2, -0.15) is 0 Å². The second-order valence-electron chi connectivity index (χ2n) is 6.41. The first-order chi connectivity index (χ1) is 14.2. The molecule has 0 unspecified atom stereocenters. The van der Waals surface area contributed by atoms with Crippen molar-refractivity contribution < 1.29 is 14.0 Å². The van der Waals surface area contributed by atoms with Crippen LogP contribution in [-0.4, -0.2) is 11.8 Å². The molecular formula is C24H18N2O3. The van der Waals surface area contributed by atoms with E-state index in [-0.39, 0.29) is 17.6 Å². The predicted molar refractivity (Wildman–Crippen MR) is 113 cm³/mol. The Bertz CT molecular complexity index is 1100. The molecule has 0 fully saturated rings. The summed E-state index contributed by atoms with van der Waals surface area (Å²) >= 11 is 0. The number of carbonyl (C=O) groups is 2. The van der Waals surface area contributed by atoms with Crippen LogP contribution >= 0.6 is 0 Å². The molecular weight excluding hydrogens is 364 g/mol. The average Bonchev–Trinajstić information content (AvgIpc) is 3.31. The van der Waals surface area contributed by atoms with Crippen LogP contribution in [0, 0.1) is 0 Å². The molecule has 0 spiro atoms. The van der Waals surface area contributed by atoms with Gasteiger partial charge in [-0.25, -0.2) is 0 Å². The van der Waals surface area contributed by atoms with Crippen LogP contribution in [0.1, 0.15) is 20.9 Å². The molecule has 0 aliphatic heterocycles. The second kappa shape index (κ2) is 8.27. The van der Waals surface area contributed by atoms with Gasteiger partial charge in [0.1, 0.15) is 0 Å². The zero-order valence-corrected chi connectivity index (χ0v) is 15.5. The van der Waals surface area contributed by atoms with Crippen molar-refractivity contribution in [2.45, 2.75) is 0 Å². The van der Waals surface area contributed by atoms with Gasteiger partial charge in [0.15, 0.2) is 5.76 Å². The summed E-state index contributed by atoms with van der Waals surface area (Å²) < 4.78 is 5.06. The highest BCUT2D eigenvalue weighted by Crippen LogP contribution is 2.21. The Morgan fingerprint density at radius 1 is 0.586 bits per heavy atom. The number of hydrogen-bond acceptors (Lipinski definition) is 3. The van der Waals surface area contributed by atoms with Crippen LogP contribution in [0.25, 0.3) is 11.1 Å². The molecule has 29 heavy (non-hydrogen) atoms. The fourth-order valence-electron chi connectivity index (χ4n) is 2.89. The minimum Gasteiger partial charge on any atom is -0.459 e. The smallest absolute Gasteiger partial charge is 0.291 e. The molecule has 0 saturated carbocycles. The van der Waals surface area contributed by atoms with Crippen LogP contribution < -0.4 is 10.6 Å². The molecule has 3 aromatic carbocycles. The number of anilines is 2. The number of carbonyl (C=O) groups excluding carboxylic acids is 2. The average molecular weight is 382 g/mol.